The van der Waals surface area contributed by atoms with Crippen LogP contribution in [0.1, 0.15) is 26.3 Å². The van der Waals surface area contributed by atoms with Crippen LogP contribution in [0.15, 0.2) is 25.0 Å². The summed E-state index contributed by atoms with van der Waals surface area (Å²) in [6.45, 7) is 9.80. The minimum Gasteiger partial charge on any atom is -0.244 e. The van der Waals surface area contributed by atoms with Crippen LogP contribution in [-0.4, -0.2) is 9.97 Å². The number of hydrogen-bond acceptors (Lipinski definition) is 2. The number of pyridine rings is 2. The lowest BCUT2D eigenvalue weighted by Crippen LogP contribution is -1.88. The van der Waals surface area contributed by atoms with E-state index in [2.05, 4.69) is 16.5 Å². The minimum atomic E-state index is 0.430. The molecular weight excluding hydrogens is 255 g/mol. The van der Waals surface area contributed by atoms with Gasteiger partial charge in [-0.15, -0.1) is 0 Å². The van der Waals surface area contributed by atoms with E-state index in [1.54, 1.807) is 18.5 Å². The highest BCUT2D eigenvalue weighted by atomic mass is 35.5. The standard InChI is InChI=1S/C11H8Cl2N2.C2H6/c1-6(2)8-4-15-11(13)9-5-14-10(12)3-7(8)9;1-2/h3-5H,1H2,2H3;1-2H3. The molecule has 17 heavy (non-hydrogen) atoms. The Hall–Kier alpha value is -1.12. The summed E-state index contributed by atoms with van der Waals surface area (Å²) in [7, 11) is 0. The fourth-order valence-electron chi connectivity index (χ4n) is 1.42. The van der Waals surface area contributed by atoms with Gasteiger partial charge < -0.3 is 0 Å². The van der Waals surface area contributed by atoms with Gasteiger partial charge in [0.25, 0.3) is 0 Å². The van der Waals surface area contributed by atoms with E-state index in [-0.39, 0.29) is 0 Å². The van der Waals surface area contributed by atoms with E-state index in [4.69, 9.17) is 23.2 Å². The van der Waals surface area contributed by atoms with E-state index in [1.807, 2.05) is 20.8 Å². The second kappa shape index (κ2) is 5.99. The summed E-state index contributed by atoms with van der Waals surface area (Å²) >= 11 is 11.8. The Bertz CT molecular complexity index is 550. The molecule has 2 heterocycles. The van der Waals surface area contributed by atoms with Crippen LogP contribution in [0.25, 0.3) is 16.3 Å². The summed E-state index contributed by atoms with van der Waals surface area (Å²) in [4.78, 5) is 8.06. The molecule has 0 saturated heterocycles. The van der Waals surface area contributed by atoms with Crippen molar-refractivity contribution in [3.05, 3.63) is 40.9 Å². The van der Waals surface area contributed by atoms with Crippen LogP contribution < -0.4 is 0 Å². The molecular formula is C13H14Cl2N2. The maximum Gasteiger partial charge on any atom is 0.138 e. The molecule has 2 aromatic rings. The molecule has 0 aliphatic carbocycles. The highest BCUT2D eigenvalue weighted by Crippen LogP contribution is 2.28. The zero-order chi connectivity index (χ0) is 13.0. The Morgan fingerprint density at radius 1 is 1.12 bits per heavy atom. The van der Waals surface area contributed by atoms with E-state index >= 15 is 0 Å². The molecule has 0 spiro atoms. The Labute approximate surface area is 111 Å². The van der Waals surface area contributed by atoms with Crippen molar-refractivity contribution in [2.45, 2.75) is 20.8 Å². The molecule has 2 aromatic heterocycles. The summed E-state index contributed by atoms with van der Waals surface area (Å²) in [5.74, 6) is 0. The van der Waals surface area contributed by atoms with Gasteiger partial charge in [-0.25, -0.2) is 9.97 Å². The zero-order valence-corrected chi connectivity index (χ0v) is 11.6. The Morgan fingerprint density at radius 3 is 2.35 bits per heavy atom. The van der Waals surface area contributed by atoms with Crippen LogP contribution in [0.2, 0.25) is 10.3 Å². The van der Waals surface area contributed by atoms with Crippen molar-refractivity contribution in [3.8, 4) is 0 Å². The first kappa shape index (κ1) is 13.9. The van der Waals surface area contributed by atoms with Crippen LogP contribution >= 0.6 is 23.2 Å². The van der Waals surface area contributed by atoms with Gasteiger partial charge in [0.05, 0.1) is 0 Å². The molecule has 4 heteroatoms. The Kier molecular flexibility index (Phi) is 4.91. The van der Waals surface area contributed by atoms with Gasteiger partial charge in [-0.2, -0.15) is 0 Å². The lowest BCUT2D eigenvalue weighted by Gasteiger charge is -2.06. The molecule has 0 unspecified atom stereocenters. The van der Waals surface area contributed by atoms with E-state index in [9.17, 15) is 0 Å². The SMILES string of the molecule is C=C(C)c1cnc(Cl)c2cnc(Cl)cc12.CC. The molecule has 0 aromatic carbocycles. The van der Waals surface area contributed by atoms with Gasteiger partial charge in [0.2, 0.25) is 0 Å². The first-order valence-corrected chi connectivity index (χ1v) is 6.11. The molecule has 0 atom stereocenters. The van der Waals surface area contributed by atoms with Crippen molar-refractivity contribution >= 4 is 39.5 Å². The van der Waals surface area contributed by atoms with Crippen molar-refractivity contribution < 1.29 is 0 Å². The number of aromatic nitrogens is 2. The molecule has 0 N–H and O–H groups in total. The first-order valence-electron chi connectivity index (χ1n) is 5.35. The molecule has 0 radical (unpaired) electrons. The summed E-state index contributed by atoms with van der Waals surface area (Å²) in [6.07, 6.45) is 3.32. The average Bonchev–Trinajstić information content (AvgIpc) is 2.31. The second-order valence-corrected chi connectivity index (χ2v) is 4.04. The monoisotopic (exact) mass is 268 g/mol. The number of allylic oxidation sites excluding steroid dienone is 1. The second-order valence-electron chi connectivity index (χ2n) is 3.30. The van der Waals surface area contributed by atoms with E-state index in [0.717, 1.165) is 21.9 Å². The molecule has 0 amide bonds. The van der Waals surface area contributed by atoms with Crippen molar-refractivity contribution in [1.29, 1.82) is 0 Å². The van der Waals surface area contributed by atoms with Crippen molar-refractivity contribution in [2.75, 3.05) is 0 Å². The third-order valence-corrected chi connectivity index (χ3v) is 2.66. The molecule has 0 bridgehead atoms. The summed E-state index contributed by atoms with van der Waals surface area (Å²) in [5, 5.41) is 2.59. The lowest BCUT2D eigenvalue weighted by atomic mass is 10.1. The topological polar surface area (TPSA) is 25.8 Å². The Morgan fingerprint density at radius 2 is 1.76 bits per heavy atom. The molecule has 0 aliphatic rings. The first-order chi connectivity index (χ1) is 8.09. The number of fused-ring (bicyclic) bond motifs is 1. The fraction of sp³-hybridized carbons (Fsp3) is 0.231. The van der Waals surface area contributed by atoms with Gasteiger partial charge in [-0.05, 0) is 23.9 Å². The van der Waals surface area contributed by atoms with Gasteiger partial charge in [0, 0.05) is 23.3 Å². The predicted octanol–water partition coefficient (Wildman–Crippen LogP) is 5.00. The molecule has 90 valence electrons. The zero-order valence-electron chi connectivity index (χ0n) is 10.1. The quantitative estimate of drug-likeness (QED) is 0.681. The number of nitrogens with zero attached hydrogens (tertiary/aromatic N) is 2. The molecule has 2 nitrogen and oxygen atoms in total. The van der Waals surface area contributed by atoms with E-state index < -0.39 is 0 Å². The summed E-state index contributed by atoms with van der Waals surface area (Å²) < 4.78 is 0. The van der Waals surface area contributed by atoms with Gasteiger partial charge in [-0.1, -0.05) is 43.6 Å². The Balaban J connectivity index is 0.000000686. The molecule has 0 saturated carbocycles. The summed E-state index contributed by atoms with van der Waals surface area (Å²) in [6, 6.07) is 1.77. The van der Waals surface area contributed by atoms with Crippen molar-refractivity contribution in [1.82, 2.24) is 9.97 Å². The van der Waals surface area contributed by atoms with Gasteiger partial charge in [-0.3, -0.25) is 0 Å². The maximum atomic E-state index is 5.96. The fourth-order valence-corrected chi connectivity index (χ4v) is 1.77. The molecule has 2 rings (SSSR count). The van der Waals surface area contributed by atoms with Gasteiger partial charge in [0.1, 0.15) is 10.3 Å². The van der Waals surface area contributed by atoms with Gasteiger partial charge in [0.15, 0.2) is 0 Å². The van der Waals surface area contributed by atoms with Crippen molar-refractivity contribution in [2.24, 2.45) is 0 Å². The smallest absolute Gasteiger partial charge is 0.138 e. The third kappa shape index (κ3) is 2.96. The average molecular weight is 269 g/mol. The van der Waals surface area contributed by atoms with Crippen LogP contribution in [0.5, 0.6) is 0 Å². The number of hydrogen-bond donors (Lipinski definition) is 0. The predicted molar refractivity (Wildman–Crippen MR) is 75.6 cm³/mol. The number of rotatable bonds is 1. The minimum absolute atomic E-state index is 0.430. The lowest BCUT2D eigenvalue weighted by molar-refractivity contribution is 1.30. The molecule has 0 fully saturated rings. The highest BCUT2D eigenvalue weighted by molar-refractivity contribution is 6.35. The van der Waals surface area contributed by atoms with Gasteiger partial charge >= 0.3 is 0 Å². The third-order valence-electron chi connectivity index (χ3n) is 2.15. The van der Waals surface area contributed by atoms with Crippen LogP contribution in [0, 0.1) is 0 Å². The summed E-state index contributed by atoms with van der Waals surface area (Å²) in [5.41, 5.74) is 1.87. The van der Waals surface area contributed by atoms with Crippen molar-refractivity contribution in [3.63, 3.8) is 0 Å². The number of halogens is 2. The maximum absolute atomic E-state index is 5.96. The van der Waals surface area contributed by atoms with E-state index in [1.165, 1.54) is 0 Å². The molecule has 0 aliphatic heterocycles. The van der Waals surface area contributed by atoms with Crippen LogP contribution in [-0.2, 0) is 0 Å². The van der Waals surface area contributed by atoms with Crippen LogP contribution in [0.4, 0.5) is 0 Å². The normalized spacial score (nSPS) is 9.71. The van der Waals surface area contributed by atoms with E-state index in [0.29, 0.717) is 10.3 Å². The van der Waals surface area contributed by atoms with Crippen LogP contribution in [0.3, 0.4) is 0 Å². The highest BCUT2D eigenvalue weighted by Gasteiger charge is 2.07. The largest absolute Gasteiger partial charge is 0.244 e.